The molecule has 0 saturated carbocycles. The van der Waals surface area contributed by atoms with Gasteiger partial charge in [0.05, 0.1) is 0 Å². The summed E-state index contributed by atoms with van der Waals surface area (Å²) in [4.78, 5) is 3.73. The van der Waals surface area contributed by atoms with E-state index in [1.165, 1.54) is 0 Å². The summed E-state index contributed by atoms with van der Waals surface area (Å²) in [5.74, 6) is 0.896. The van der Waals surface area contributed by atoms with Crippen molar-refractivity contribution in [2.45, 2.75) is 19.3 Å². The maximum absolute atomic E-state index is 12.2. The first kappa shape index (κ1) is 9.58. The van der Waals surface area contributed by atoms with Crippen LogP contribution in [0.5, 0.6) is 0 Å². The van der Waals surface area contributed by atoms with Crippen molar-refractivity contribution in [3.63, 3.8) is 0 Å². The normalized spacial score (nSPS) is 22.1. The predicted molar refractivity (Wildman–Crippen MR) is 46.1 cm³/mol. The molecule has 1 fully saturated rings. The van der Waals surface area contributed by atoms with E-state index < -0.39 is 6.43 Å². The van der Waals surface area contributed by atoms with Crippen molar-refractivity contribution in [1.82, 2.24) is 10.3 Å². The minimum atomic E-state index is -2.53. The quantitative estimate of drug-likeness (QED) is 0.811. The van der Waals surface area contributed by atoms with Crippen LogP contribution in [-0.2, 0) is 6.42 Å². The zero-order valence-corrected chi connectivity index (χ0v) is 7.67. The highest BCUT2D eigenvalue weighted by Crippen LogP contribution is 2.20. The summed E-state index contributed by atoms with van der Waals surface area (Å²) in [5, 5.41) is 3.20. The number of oxazole rings is 1. The Balaban J connectivity index is 1.95. The van der Waals surface area contributed by atoms with Crippen molar-refractivity contribution in [2.24, 2.45) is 5.92 Å². The van der Waals surface area contributed by atoms with Gasteiger partial charge in [0.1, 0.15) is 12.0 Å². The van der Waals surface area contributed by atoms with E-state index in [1.54, 1.807) is 0 Å². The monoisotopic (exact) mass is 202 g/mol. The lowest BCUT2D eigenvalue weighted by molar-refractivity contribution is 0.146. The lowest BCUT2D eigenvalue weighted by Gasteiger charge is -2.02. The first-order chi connectivity index (χ1) is 6.75. The molecule has 0 bridgehead atoms. The molecule has 3 nitrogen and oxygen atoms in total. The Morgan fingerprint density at radius 2 is 2.50 bits per heavy atom. The molecular formula is C9H12F2N2O. The third-order valence-corrected chi connectivity index (χ3v) is 2.42. The van der Waals surface area contributed by atoms with E-state index in [1.807, 2.05) is 0 Å². The molecule has 14 heavy (non-hydrogen) atoms. The van der Waals surface area contributed by atoms with Crippen LogP contribution in [-0.4, -0.2) is 18.1 Å². The third-order valence-electron chi connectivity index (χ3n) is 2.42. The Hall–Kier alpha value is -0.970. The lowest BCUT2D eigenvalue weighted by Crippen LogP contribution is -2.10. The van der Waals surface area contributed by atoms with E-state index in [2.05, 4.69) is 10.3 Å². The Morgan fingerprint density at radius 1 is 1.64 bits per heavy atom. The number of nitrogens with zero attached hydrogens (tertiary/aromatic N) is 1. The number of rotatable bonds is 3. The standard InChI is InChI=1S/C9H12F2N2O/c10-9(11)7-5-14-8(13-7)3-6-1-2-12-4-6/h5-6,9,12H,1-4H2. The van der Waals surface area contributed by atoms with Crippen LogP contribution in [0, 0.1) is 5.92 Å². The highest BCUT2D eigenvalue weighted by Gasteiger charge is 2.19. The second-order valence-corrected chi connectivity index (χ2v) is 3.53. The maximum atomic E-state index is 12.2. The average molecular weight is 202 g/mol. The molecule has 1 unspecified atom stereocenters. The molecule has 0 amide bonds. The molecular weight excluding hydrogens is 190 g/mol. The van der Waals surface area contributed by atoms with E-state index in [-0.39, 0.29) is 5.69 Å². The summed E-state index contributed by atoms with van der Waals surface area (Å²) in [6.45, 7) is 1.92. The van der Waals surface area contributed by atoms with E-state index in [0.29, 0.717) is 18.2 Å². The van der Waals surface area contributed by atoms with Crippen molar-refractivity contribution in [1.29, 1.82) is 0 Å². The van der Waals surface area contributed by atoms with Crippen LogP contribution in [0.4, 0.5) is 8.78 Å². The Kier molecular flexibility index (Phi) is 2.77. The number of alkyl halides is 2. The second-order valence-electron chi connectivity index (χ2n) is 3.53. The zero-order valence-electron chi connectivity index (χ0n) is 7.67. The van der Waals surface area contributed by atoms with Crippen LogP contribution >= 0.6 is 0 Å². The first-order valence-corrected chi connectivity index (χ1v) is 4.69. The van der Waals surface area contributed by atoms with E-state index in [0.717, 1.165) is 25.8 Å². The summed E-state index contributed by atoms with van der Waals surface area (Å²) >= 11 is 0. The van der Waals surface area contributed by atoms with Gasteiger partial charge in [-0.3, -0.25) is 0 Å². The van der Waals surface area contributed by atoms with Crippen LogP contribution in [0.25, 0.3) is 0 Å². The second kappa shape index (κ2) is 4.04. The number of hydrogen-bond donors (Lipinski definition) is 1. The molecule has 0 radical (unpaired) electrons. The highest BCUT2D eigenvalue weighted by atomic mass is 19.3. The van der Waals surface area contributed by atoms with Gasteiger partial charge < -0.3 is 9.73 Å². The molecule has 5 heteroatoms. The molecule has 2 rings (SSSR count). The summed E-state index contributed by atoms with van der Waals surface area (Å²) in [6.07, 6.45) is 0.225. The zero-order chi connectivity index (χ0) is 9.97. The van der Waals surface area contributed by atoms with Crippen molar-refractivity contribution in [3.05, 3.63) is 17.8 Å². The minimum absolute atomic E-state index is 0.258. The molecule has 0 spiro atoms. The molecule has 0 aliphatic carbocycles. The molecule has 1 atom stereocenters. The van der Waals surface area contributed by atoms with E-state index in [9.17, 15) is 8.78 Å². The van der Waals surface area contributed by atoms with Crippen LogP contribution in [0.3, 0.4) is 0 Å². The fourth-order valence-corrected chi connectivity index (χ4v) is 1.65. The van der Waals surface area contributed by atoms with Crippen molar-refractivity contribution >= 4 is 0 Å². The fourth-order valence-electron chi connectivity index (χ4n) is 1.65. The van der Waals surface area contributed by atoms with Crippen LogP contribution in [0.2, 0.25) is 0 Å². The molecule has 1 aliphatic heterocycles. The van der Waals surface area contributed by atoms with Gasteiger partial charge in [0, 0.05) is 6.42 Å². The van der Waals surface area contributed by atoms with Gasteiger partial charge in [-0.15, -0.1) is 0 Å². The Labute approximate surface area is 80.5 Å². The van der Waals surface area contributed by atoms with Gasteiger partial charge in [-0.1, -0.05) is 0 Å². The summed E-state index contributed by atoms with van der Waals surface area (Å²) < 4.78 is 29.3. The van der Waals surface area contributed by atoms with Crippen molar-refractivity contribution in [2.75, 3.05) is 13.1 Å². The fraction of sp³-hybridized carbons (Fsp3) is 0.667. The number of nitrogens with one attached hydrogen (secondary N) is 1. The molecule has 1 N–H and O–H groups in total. The number of aromatic nitrogens is 1. The van der Waals surface area contributed by atoms with Gasteiger partial charge in [0.25, 0.3) is 6.43 Å². The van der Waals surface area contributed by atoms with Gasteiger partial charge >= 0.3 is 0 Å². The highest BCUT2D eigenvalue weighted by molar-refractivity contribution is 4.99. The van der Waals surface area contributed by atoms with Crippen LogP contribution in [0.15, 0.2) is 10.7 Å². The molecule has 1 aromatic rings. The number of hydrogen-bond acceptors (Lipinski definition) is 3. The topological polar surface area (TPSA) is 38.1 Å². The maximum Gasteiger partial charge on any atom is 0.283 e. The molecule has 1 saturated heterocycles. The van der Waals surface area contributed by atoms with Gasteiger partial charge in [-0.05, 0) is 25.4 Å². The average Bonchev–Trinajstić information content (AvgIpc) is 2.75. The predicted octanol–water partition coefficient (Wildman–Crippen LogP) is 1.76. The van der Waals surface area contributed by atoms with Gasteiger partial charge in [-0.25, -0.2) is 13.8 Å². The largest absolute Gasteiger partial charge is 0.448 e. The minimum Gasteiger partial charge on any atom is -0.448 e. The van der Waals surface area contributed by atoms with Crippen molar-refractivity contribution in [3.8, 4) is 0 Å². The van der Waals surface area contributed by atoms with Gasteiger partial charge in [-0.2, -0.15) is 0 Å². The molecule has 2 heterocycles. The van der Waals surface area contributed by atoms with Crippen LogP contribution in [0.1, 0.15) is 24.4 Å². The van der Waals surface area contributed by atoms with Gasteiger partial charge in [0.15, 0.2) is 5.89 Å². The summed E-state index contributed by atoms with van der Waals surface area (Å²) in [6, 6.07) is 0. The third kappa shape index (κ3) is 2.09. The van der Waals surface area contributed by atoms with E-state index >= 15 is 0 Å². The molecule has 1 aromatic heterocycles. The number of halogens is 2. The Bertz CT molecular complexity index is 295. The molecule has 1 aliphatic rings. The SMILES string of the molecule is FC(F)c1coc(CC2CCNC2)n1. The first-order valence-electron chi connectivity index (χ1n) is 4.69. The Morgan fingerprint density at radius 3 is 3.07 bits per heavy atom. The van der Waals surface area contributed by atoms with E-state index in [4.69, 9.17) is 4.42 Å². The smallest absolute Gasteiger partial charge is 0.283 e. The van der Waals surface area contributed by atoms with Crippen molar-refractivity contribution < 1.29 is 13.2 Å². The summed E-state index contributed by atoms with van der Waals surface area (Å²) in [5.41, 5.74) is -0.258. The van der Waals surface area contributed by atoms with Crippen LogP contribution < -0.4 is 5.32 Å². The molecule has 0 aromatic carbocycles. The molecule has 78 valence electrons. The lowest BCUT2D eigenvalue weighted by atomic mass is 10.1. The summed E-state index contributed by atoms with van der Waals surface area (Å²) in [7, 11) is 0. The van der Waals surface area contributed by atoms with Gasteiger partial charge in [0.2, 0.25) is 0 Å².